The monoisotopic (exact) mass is 297 g/mol. The van der Waals surface area contributed by atoms with Crippen LogP contribution in [0, 0.1) is 0 Å². The van der Waals surface area contributed by atoms with Gasteiger partial charge in [-0.2, -0.15) is 0 Å². The molecule has 0 heterocycles. The van der Waals surface area contributed by atoms with Crippen molar-refractivity contribution in [1.29, 1.82) is 0 Å². The number of Topliss-reactive ketones (excluding diaryl/α,β-unsaturated/α-hetero) is 1. The van der Waals surface area contributed by atoms with Gasteiger partial charge in [-0.1, -0.05) is 49.7 Å². The second kappa shape index (κ2) is 7.21. The van der Waals surface area contributed by atoms with E-state index in [9.17, 15) is 9.59 Å². The minimum Gasteiger partial charge on any atom is -0.339 e. The molecular formula is C19H23NO2. The number of fused-ring (bicyclic) bond motifs is 1. The number of rotatable bonds is 6. The molecule has 116 valence electrons. The van der Waals surface area contributed by atoms with Crippen molar-refractivity contribution in [1.82, 2.24) is 4.90 Å². The van der Waals surface area contributed by atoms with E-state index in [0.717, 1.165) is 35.7 Å². The summed E-state index contributed by atoms with van der Waals surface area (Å²) in [7, 11) is 0. The van der Waals surface area contributed by atoms with E-state index >= 15 is 0 Å². The SMILES string of the molecule is CCCCN(Cc1c(C(C)=O)ccc2ccccc12)C(C)=O. The van der Waals surface area contributed by atoms with Crippen molar-refractivity contribution in [2.75, 3.05) is 6.54 Å². The zero-order valence-corrected chi connectivity index (χ0v) is 13.6. The molecule has 0 atom stereocenters. The molecule has 0 saturated heterocycles. The summed E-state index contributed by atoms with van der Waals surface area (Å²) in [6, 6.07) is 11.9. The van der Waals surface area contributed by atoms with Crippen LogP contribution in [0.15, 0.2) is 36.4 Å². The number of amides is 1. The summed E-state index contributed by atoms with van der Waals surface area (Å²) in [6.07, 6.45) is 2.01. The zero-order valence-electron chi connectivity index (χ0n) is 13.6. The molecule has 22 heavy (non-hydrogen) atoms. The van der Waals surface area contributed by atoms with Crippen molar-refractivity contribution in [2.45, 2.75) is 40.2 Å². The molecule has 1 amide bonds. The van der Waals surface area contributed by atoms with Gasteiger partial charge in [0.05, 0.1) is 0 Å². The molecule has 0 N–H and O–H groups in total. The average Bonchev–Trinajstić information content (AvgIpc) is 2.50. The fourth-order valence-corrected chi connectivity index (χ4v) is 2.72. The van der Waals surface area contributed by atoms with E-state index in [1.54, 1.807) is 13.8 Å². The van der Waals surface area contributed by atoms with Crippen molar-refractivity contribution in [3.63, 3.8) is 0 Å². The molecule has 3 nitrogen and oxygen atoms in total. The minimum atomic E-state index is 0.0414. The van der Waals surface area contributed by atoms with Gasteiger partial charge >= 0.3 is 0 Å². The van der Waals surface area contributed by atoms with Crippen LogP contribution in [0.1, 0.15) is 49.5 Å². The second-order valence-corrected chi connectivity index (χ2v) is 5.66. The van der Waals surface area contributed by atoms with E-state index in [-0.39, 0.29) is 11.7 Å². The fraction of sp³-hybridized carbons (Fsp3) is 0.368. The average molecular weight is 297 g/mol. The number of unbranched alkanes of at least 4 members (excludes halogenated alkanes) is 1. The highest BCUT2D eigenvalue weighted by Gasteiger charge is 2.16. The molecule has 0 bridgehead atoms. The van der Waals surface area contributed by atoms with Gasteiger partial charge in [-0.3, -0.25) is 9.59 Å². The van der Waals surface area contributed by atoms with Gasteiger partial charge in [0.2, 0.25) is 5.91 Å². The number of benzene rings is 2. The normalized spacial score (nSPS) is 10.7. The molecular weight excluding hydrogens is 274 g/mol. The molecule has 0 radical (unpaired) electrons. The topological polar surface area (TPSA) is 37.4 Å². The smallest absolute Gasteiger partial charge is 0.219 e. The molecule has 0 aliphatic heterocycles. The molecule has 0 fully saturated rings. The standard InChI is InChI=1S/C19H23NO2/c1-4-5-12-20(15(3)22)13-19-17(14(2)21)11-10-16-8-6-7-9-18(16)19/h6-11H,4-5,12-13H2,1-3H3. The first-order valence-corrected chi connectivity index (χ1v) is 7.81. The van der Waals surface area contributed by atoms with Gasteiger partial charge in [0.1, 0.15) is 0 Å². The molecule has 0 unspecified atom stereocenters. The maximum atomic E-state index is 12.0. The Morgan fingerprint density at radius 3 is 2.41 bits per heavy atom. The molecule has 2 aromatic carbocycles. The van der Waals surface area contributed by atoms with Gasteiger partial charge in [0, 0.05) is 25.6 Å². The van der Waals surface area contributed by atoms with Crippen LogP contribution in [0.25, 0.3) is 10.8 Å². The minimum absolute atomic E-state index is 0.0414. The summed E-state index contributed by atoms with van der Waals surface area (Å²) in [5.74, 6) is 0.0932. The molecule has 2 rings (SSSR count). The number of nitrogens with zero attached hydrogens (tertiary/aromatic N) is 1. The Bertz CT molecular complexity index is 691. The highest BCUT2D eigenvalue weighted by atomic mass is 16.2. The lowest BCUT2D eigenvalue weighted by Crippen LogP contribution is -2.30. The summed E-state index contributed by atoms with van der Waals surface area (Å²) in [4.78, 5) is 25.7. The van der Waals surface area contributed by atoms with Crippen LogP contribution in [0.2, 0.25) is 0 Å². The number of ketones is 1. The van der Waals surface area contributed by atoms with Crippen molar-refractivity contribution in [3.8, 4) is 0 Å². The number of carbonyl (C=O) groups excluding carboxylic acids is 2. The van der Waals surface area contributed by atoms with Crippen molar-refractivity contribution < 1.29 is 9.59 Å². The third kappa shape index (κ3) is 3.53. The maximum Gasteiger partial charge on any atom is 0.219 e. The molecule has 0 aliphatic rings. The Labute approximate surface area is 131 Å². The van der Waals surface area contributed by atoms with Gasteiger partial charge in [-0.15, -0.1) is 0 Å². The highest BCUT2D eigenvalue weighted by Crippen LogP contribution is 2.25. The van der Waals surface area contributed by atoms with E-state index in [0.29, 0.717) is 12.1 Å². The van der Waals surface area contributed by atoms with Crippen LogP contribution < -0.4 is 0 Å². The van der Waals surface area contributed by atoms with E-state index < -0.39 is 0 Å². The largest absolute Gasteiger partial charge is 0.339 e. The quantitative estimate of drug-likeness (QED) is 0.750. The van der Waals surface area contributed by atoms with Gasteiger partial charge in [0.25, 0.3) is 0 Å². The summed E-state index contributed by atoms with van der Waals surface area (Å²) >= 11 is 0. The fourth-order valence-electron chi connectivity index (χ4n) is 2.72. The highest BCUT2D eigenvalue weighted by molar-refractivity contribution is 6.01. The summed E-state index contributed by atoms with van der Waals surface area (Å²) in [6.45, 7) is 6.50. The number of hydrogen-bond donors (Lipinski definition) is 0. The Morgan fingerprint density at radius 2 is 1.77 bits per heavy atom. The lowest BCUT2D eigenvalue weighted by molar-refractivity contribution is -0.129. The molecule has 3 heteroatoms. The first-order chi connectivity index (χ1) is 10.5. The molecule has 0 aromatic heterocycles. The van der Waals surface area contributed by atoms with Crippen molar-refractivity contribution in [3.05, 3.63) is 47.5 Å². The Balaban J connectivity index is 2.48. The zero-order chi connectivity index (χ0) is 16.1. The van der Waals surface area contributed by atoms with Crippen molar-refractivity contribution in [2.24, 2.45) is 0 Å². The maximum absolute atomic E-state index is 12.0. The molecule has 0 aliphatic carbocycles. The van der Waals surface area contributed by atoms with Crippen LogP contribution in [-0.4, -0.2) is 23.1 Å². The Morgan fingerprint density at radius 1 is 1.05 bits per heavy atom. The van der Waals surface area contributed by atoms with Crippen LogP contribution in [0.4, 0.5) is 0 Å². The van der Waals surface area contributed by atoms with Crippen LogP contribution in [0.5, 0.6) is 0 Å². The predicted octanol–water partition coefficient (Wildman–Crippen LogP) is 4.19. The first-order valence-electron chi connectivity index (χ1n) is 7.81. The summed E-state index contributed by atoms with van der Waals surface area (Å²) in [5.41, 5.74) is 1.67. The van der Waals surface area contributed by atoms with Gasteiger partial charge in [0.15, 0.2) is 5.78 Å². The molecule has 0 spiro atoms. The van der Waals surface area contributed by atoms with Gasteiger partial charge in [-0.25, -0.2) is 0 Å². The van der Waals surface area contributed by atoms with Crippen molar-refractivity contribution >= 4 is 22.5 Å². The third-order valence-corrected chi connectivity index (χ3v) is 4.00. The second-order valence-electron chi connectivity index (χ2n) is 5.66. The lowest BCUT2D eigenvalue weighted by atomic mass is 9.96. The van der Waals surface area contributed by atoms with E-state index in [1.807, 2.05) is 41.3 Å². The number of hydrogen-bond acceptors (Lipinski definition) is 2. The van der Waals surface area contributed by atoms with Gasteiger partial charge in [-0.05, 0) is 29.7 Å². The Kier molecular flexibility index (Phi) is 5.31. The number of carbonyl (C=O) groups is 2. The summed E-state index contributed by atoms with van der Waals surface area (Å²) in [5, 5.41) is 2.15. The summed E-state index contributed by atoms with van der Waals surface area (Å²) < 4.78 is 0. The third-order valence-electron chi connectivity index (χ3n) is 4.00. The molecule has 0 saturated carbocycles. The van der Waals surface area contributed by atoms with Crippen LogP contribution >= 0.6 is 0 Å². The lowest BCUT2D eigenvalue weighted by Gasteiger charge is -2.23. The van der Waals surface area contributed by atoms with Crippen LogP contribution in [-0.2, 0) is 11.3 Å². The van der Waals surface area contributed by atoms with Crippen LogP contribution in [0.3, 0.4) is 0 Å². The van der Waals surface area contributed by atoms with E-state index in [4.69, 9.17) is 0 Å². The first kappa shape index (κ1) is 16.2. The van der Waals surface area contributed by atoms with E-state index in [2.05, 4.69) is 6.92 Å². The van der Waals surface area contributed by atoms with Gasteiger partial charge < -0.3 is 4.90 Å². The molecule has 2 aromatic rings. The Hall–Kier alpha value is -2.16. The predicted molar refractivity (Wildman–Crippen MR) is 90.0 cm³/mol. The van der Waals surface area contributed by atoms with E-state index in [1.165, 1.54) is 0 Å².